The molecule has 2 aromatic carbocycles. The third-order valence-corrected chi connectivity index (χ3v) is 4.14. The third kappa shape index (κ3) is 6.30. The number of anilines is 1. The van der Waals surface area contributed by atoms with Crippen molar-refractivity contribution >= 4 is 23.7 Å². The number of aliphatic imine (C=N–C) groups is 1. The molecule has 9 nitrogen and oxygen atoms in total. The molecule has 0 saturated carbocycles. The molecular weight excluding hydrogens is 372 g/mol. The second-order valence-electron chi connectivity index (χ2n) is 6.27. The predicted octanol–water partition coefficient (Wildman–Crippen LogP) is 1.64. The van der Waals surface area contributed by atoms with E-state index >= 15 is 0 Å². The summed E-state index contributed by atoms with van der Waals surface area (Å²) >= 11 is 0. The number of hydrogen-bond acceptors (Lipinski definition) is 6. The summed E-state index contributed by atoms with van der Waals surface area (Å²) in [6, 6.07) is 14.0. The van der Waals surface area contributed by atoms with E-state index < -0.39 is 0 Å². The van der Waals surface area contributed by atoms with E-state index in [2.05, 4.69) is 20.7 Å². The van der Waals surface area contributed by atoms with Crippen molar-refractivity contribution in [2.75, 3.05) is 25.1 Å². The number of nitrogens with one attached hydrogen (secondary N) is 3. The van der Waals surface area contributed by atoms with Gasteiger partial charge in [-0.05, 0) is 29.8 Å². The Labute approximate surface area is 168 Å². The van der Waals surface area contributed by atoms with Crippen LogP contribution in [0.5, 0.6) is 5.75 Å². The normalized spacial score (nSPS) is 15.0. The highest BCUT2D eigenvalue weighted by molar-refractivity contribution is 6.07. The molecule has 1 saturated heterocycles. The van der Waals surface area contributed by atoms with Crippen molar-refractivity contribution in [3.8, 4) is 5.75 Å². The van der Waals surface area contributed by atoms with Gasteiger partial charge < -0.3 is 31.1 Å². The van der Waals surface area contributed by atoms with E-state index in [9.17, 15) is 5.11 Å². The van der Waals surface area contributed by atoms with E-state index in [-0.39, 0.29) is 17.9 Å². The van der Waals surface area contributed by atoms with Crippen LogP contribution in [0.1, 0.15) is 11.1 Å². The average Bonchev–Trinajstić information content (AvgIpc) is 3.26. The molecule has 9 heteroatoms. The van der Waals surface area contributed by atoms with Gasteiger partial charge in [0, 0.05) is 23.9 Å². The zero-order chi connectivity index (χ0) is 20.5. The molecule has 0 unspecified atom stereocenters. The maximum atomic E-state index is 9.45. The fourth-order valence-electron chi connectivity index (χ4n) is 2.63. The lowest BCUT2D eigenvalue weighted by Gasteiger charge is -2.15. The molecule has 152 valence electrons. The Morgan fingerprint density at radius 2 is 1.83 bits per heavy atom. The topological polar surface area (TPSA) is 137 Å². The quantitative estimate of drug-likeness (QED) is 0.165. The maximum absolute atomic E-state index is 9.45. The Kier molecular flexibility index (Phi) is 7.15. The first-order valence-corrected chi connectivity index (χ1v) is 9.15. The van der Waals surface area contributed by atoms with E-state index in [0.717, 1.165) is 5.56 Å². The highest BCUT2D eigenvalue weighted by Crippen LogP contribution is 2.14. The Morgan fingerprint density at radius 1 is 1.14 bits per heavy atom. The van der Waals surface area contributed by atoms with Crippen molar-refractivity contribution in [1.29, 1.82) is 5.41 Å². The second-order valence-corrected chi connectivity index (χ2v) is 6.27. The van der Waals surface area contributed by atoms with Crippen LogP contribution in [0.4, 0.5) is 5.69 Å². The van der Waals surface area contributed by atoms with Gasteiger partial charge >= 0.3 is 0 Å². The van der Waals surface area contributed by atoms with Crippen LogP contribution in [0.2, 0.25) is 0 Å². The van der Waals surface area contributed by atoms with Crippen LogP contribution in [0.3, 0.4) is 0 Å². The lowest BCUT2D eigenvalue weighted by Crippen LogP contribution is -2.37. The number of nitrogens with two attached hydrogens (primary N) is 1. The molecule has 0 radical (unpaired) electrons. The van der Waals surface area contributed by atoms with Gasteiger partial charge in [-0.1, -0.05) is 24.3 Å². The number of phenolic OH excluding ortho intramolecular Hbond substituents is 1. The monoisotopic (exact) mass is 396 g/mol. The number of hydrazone groups is 1. The fraction of sp³-hybridized carbons (Fsp3) is 0.250. The highest BCUT2D eigenvalue weighted by atomic mass is 16.7. The minimum atomic E-state index is -0.362. The first kappa shape index (κ1) is 20.3. The summed E-state index contributed by atoms with van der Waals surface area (Å²) in [6.07, 6.45) is 1.89. The largest absolute Gasteiger partial charge is 0.508 e. The molecule has 1 fully saturated rings. The zero-order valence-corrected chi connectivity index (χ0v) is 15.8. The molecule has 3 rings (SSSR count). The summed E-state index contributed by atoms with van der Waals surface area (Å²) in [5.41, 5.74) is 2.42. The average molecular weight is 396 g/mol. The van der Waals surface area contributed by atoms with E-state index in [1.807, 2.05) is 24.3 Å². The van der Waals surface area contributed by atoms with Crippen molar-refractivity contribution in [3.05, 3.63) is 59.7 Å². The van der Waals surface area contributed by atoms with Gasteiger partial charge in [-0.25, -0.2) is 0 Å². The van der Waals surface area contributed by atoms with Gasteiger partial charge in [-0.3, -0.25) is 5.41 Å². The van der Waals surface area contributed by atoms with Crippen molar-refractivity contribution in [3.63, 3.8) is 0 Å². The van der Waals surface area contributed by atoms with Crippen LogP contribution < -0.4 is 16.5 Å². The van der Waals surface area contributed by atoms with Gasteiger partial charge in [0.1, 0.15) is 5.75 Å². The number of phenols is 1. The van der Waals surface area contributed by atoms with Crippen LogP contribution in [0.15, 0.2) is 58.6 Å². The SMILES string of the molecule is N=C(/N=C(/NCC1OCCO1)Nc1ccc(O)cc1)c1ccc(C/C=N/N)cc1. The summed E-state index contributed by atoms with van der Waals surface area (Å²) < 4.78 is 10.9. The van der Waals surface area contributed by atoms with E-state index in [4.69, 9.17) is 20.7 Å². The van der Waals surface area contributed by atoms with Crippen LogP contribution in [-0.4, -0.2) is 49.2 Å². The summed E-state index contributed by atoms with van der Waals surface area (Å²) in [5.74, 6) is 5.76. The first-order chi connectivity index (χ1) is 14.1. The van der Waals surface area contributed by atoms with Crippen molar-refractivity contribution < 1.29 is 14.6 Å². The lowest BCUT2D eigenvalue weighted by molar-refractivity contribution is -0.0361. The number of ether oxygens (including phenoxy) is 2. The molecule has 0 atom stereocenters. The number of hydrogen-bond donors (Lipinski definition) is 5. The molecule has 1 aliphatic heterocycles. The minimum absolute atomic E-state index is 0.0890. The van der Waals surface area contributed by atoms with Crippen LogP contribution in [-0.2, 0) is 15.9 Å². The van der Waals surface area contributed by atoms with Gasteiger partial charge in [-0.2, -0.15) is 10.1 Å². The standard InChI is InChI=1S/C20H24N6O3/c21-19(15-3-1-14(2-4-15)9-10-24-22)26-20(23-13-18-28-11-12-29-18)25-16-5-7-17(27)8-6-16/h1-8,10,18,27H,9,11-13,22H2,(H3,21,23,25,26)/b24-10+. The van der Waals surface area contributed by atoms with Gasteiger partial charge in [0.2, 0.25) is 5.96 Å². The maximum Gasteiger partial charge on any atom is 0.202 e. The summed E-state index contributed by atoms with van der Waals surface area (Å²) in [4.78, 5) is 4.38. The molecule has 1 aliphatic rings. The Morgan fingerprint density at radius 3 is 2.48 bits per heavy atom. The molecule has 0 amide bonds. The number of benzene rings is 2. The van der Waals surface area contributed by atoms with Crippen molar-refractivity contribution in [2.45, 2.75) is 12.7 Å². The highest BCUT2D eigenvalue weighted by Gasteiger charge is 2.16. The second kappa shape index (κ2) is 10.2. The molecule has 0 aliphatic carbocycles. The molecule has 0 aromatic heterocycles. The number of rotatable bonds is 6. The predicted molar refractivity (Wildman–Crippen MR) is 113 cm³/mol. The first-order valence-electron chi connectivity index (χ1n) is 9.15. The van der Waals surface area contributed by atoms with Crippen LogP contribution in [0, 0.1) is 5.41 Å². The molecule has 29 heavy (non-hydrogen) atoms. The lowest BCUT2D eigenvalue weighted by atomic mass is 10.1. The molecule has 0 bridgehead atoms. The Balaban J connectivity index is 1.72. The Bertz CT molecular complexity index is 859. The summed E-state index contributed by atoms with van der Waals surface area (Å²) in [5, 5.41) is 27.5. The molecule has 0 spiro atoms. The summed E-state index contributed by atoms with van der Waals surface area (Å²) in [7, 11) is 0. The number of nitrogens with zero attached hydrogens (tertiary/aromatic N) is 2. The van der Waals surface area contributed by atoms with E-state index in [0.29, 0.717) is 43.4 Å². The molecule has 1 heterocycles. The minimum Gasteiger partial charge on any atom is -0.508 e. The zero-order valence-electron chi connectivity index (χ0n) is 15.8. The van der Waals surface area contributed by atoms with Gasteiger partial charge in [0.05, 0.1) is 19.8 Å². The third-order valence-electron chi connectivity index (χ3n) is 4.14. The van der Waals surface area contributed by atoms with Gasteiger partial charge in [0.25, 0.3) is 0 Å². The number of aromatic hydroxyl groups is 1. The van der Waals surface area contributed by atoms with Gasteiger partial charge in [0.15, 0.2) is 12.1 Å². The number of amidine groups is 1. The van der Waals surface area contributed by atoms with E-state index in [1.165, 1.54) is 0 Å². The van der Waals surface area contributed by atoms with Gasteiger partial charge in [-0.15, -0.1) is 0 Å². The smallest absolute Gasteiger partial charge is 0.202 e. The van der Waals surface area contributed by atoms with Crippen molar-refractivity contribution in [2.24, 2.45) is 15.9 Å². The van der Waals surface area contributed by atoms with Crippen LogP contribution in [0.25, 0.3) is 0 Å². The van der Waals surface area contributed by atoms with Crippen LogP contribution >= 0.6 is 0 Å². The summed E-state index contributed by atoms with van der Waals surface area (Å²) in [6.45, 7) is 1.50. The molecule has 2 aromatic rings. The fourth-order valence-corrected chi connectivity index (χ4v) is 2.63. The molecule has 6 N–H and O–H groups in total. The van der Waals surface area contributed by atoms with E-state index in [1.54, 1.807) is 30.5 Å². The van der Waals surface area contributed by atoms with Crippen molar-refractivity contribution in [1.82, 2.24) is 5.32 Å². The molecular formula is C20H24N6O3. The number of guanidine groups is 1. The Hall–Kier alpha value is -3.43.